The smallest absolute Gasteiger partial charge is 0.242 e. The Morgan fingerprint density at radius 1 is 1.56 bits per heavy atom. The van der Waals surface area contributed by atoms with Gasteiger partial charge in [0.2, 0.25) is 11.9 Å². The van der Waals surface area contributed by atoms with E-state index in [1.807, 2.05) is 6.92 Å². The first kappa shape index (κ1) is 12.2. The predicted molar refractivity (Wildman–Crippen MR) is 63.1 cm³/mol. The molecular formula is C10H17N5O. The first-order valence-corrected chi connectivity index (χ1v) is 5.10. The quantitative estimate of drug-likeness (QED) is 0.679. The summed E-state index contributed by atoms with van der Waals surface area (Å²) in [6, 6.07) is 1.69. The number of hydrogen-bond acceptors (Lipinski definition) is 5. The highest BCUT2D eigenvalue weighted by molar-refractivity contribution is 5.86. The molecule has 1 amide bonds. The van der Waals surface area contributed by atoms with Crippen molar-refractivity contribution in [2.24, 2.45) is 5.73 Å². The molecule has 1 aromatic rings. The molecule has 4 N–H and O–H groups in total. The molecule has 0 saturated heterocycles. The third kappa shape index (κ3) is 3.08. The van der Waals surface area contributed by atoms with Crippen LogP contribution in [0.3, 0.4) is 0 Å². The van der Waals surface area contributed by atoms with Gasteiger partial charge >= 0.3 is 0 Å². The number of amides is 1. The van der Waals surface area contributed by atoms with Crippen molar-refractivity contribution in [1.82, 2.24) is 9.97 Å². The maximum Gasteiger partial charge on any atom is 0.242 e. The fourth-order valence-electron chi connectivity index (χ4n) is 1.05. The van der Waals surface area contributed by atoms with Gasteiger partial charge in [0.15, 0.2) is 0 Å². The minimum absolute atomic E-state index is 0.434. The Balaban J connectivity index is 2.81. The Bertz CT molecular complexity index is 377. The normalized spacial score (nSPS) is 10.9. The van der Waals surface area contributed by atoms with Gasteiger partial charge in [0.1, 0.15) is 11.4 Å². The van der Waals surface area contributed by atoms with Gasteiger partial charge in [0.25, 0.3) is 0 Å². The lowest BCUT2D eigenvalue weighted by molar-refractivity contribution is -0.121. The highest BCUT2D eigenvalue weighted by Crippen LogP contribution is 2.13. The molecule has 0 radical (unpaired) electrons. The molecule has 6 heteroatoms. The van der Waals surface area contributed by atoms with Gasteiger partial charge in [-0.25, -0.2) is 4.98 Å². The van der Waals surface area contributed by atoms with E-state index >= 15 is 0 Å². The average molecular weight is 223 g/mol. The number of carbonyl (C=O) groups is 1. The molecule has 0 unspecified atom stereocenters. The van der Waals surface area contributed by atoms with Crippen LogP contribution in [0.5, 0.6) is 0 Å². The second-order valence-electron chi connectivity index (χ2n) is 3.91. The Labute approximate surface area is 94.7 Å². The molecule has 0 atom stereocenters. The van der Waals surface area contributed by atoms with Gasteiger partial charge in [-0.05, 0) is 26.8 Å². The third-order valence-corrected chi connectivity index (χ3v) is 2.05. The van der Waals surface area contributed by atoms with Gasteiger partial charge in [-0.1, -0.05) is 0 Å². The van der Waals surface area contributed by atoms with E-state index in [4.69, 9.17) is 5.73 Å². The molecule has 0 aromatic carbocycles. The minimum atomic E-state index is -0.835. The molecule has 0 spiro atoms. The Kier molecular flexibility index (Phi) is 3.65. The minimum Gasteiger partial charge on any atom is -0.368 e. The first-order chi connectivity index (χ1) is 7.45. The van der Waals surface area contributed by atoms with Crippen molar-refractivity contribution in [1.29, 1.82) is 0 Å². The lowest BCUT2D eigenvalue weighted by Crippen LogP contribution is -2.45. The molecule has 0 aliphatic heterocycles. The van der Waals surface area contributed by atoms with E-state index in [1.54, 1.807) is 26.1 Å². The standard InChI is InChI=1S/C10H17N5O/c1-4-12-9-13-6-5-7(14-9)15-10(2,3)8(11)16/h5-6H,4H2,1-3H3,(H2,11,16)(H2,12,13,14,15). The van der Waals surface area contributed by atoms with Crippen molar-refractivity contribution in [3.8, 4) is 0 Å². The van der Waals surface area contributed by atoms with Crippen molar-refractivity contribution >= 4 is 17.7 Å². The summed E-state index contributed by atoms with van der Waals surface area (Å²) in [7, 11) is 0. The maximum atomic E-state index is 11.1. The molecule has 88 valence electrons. The third-order valence-electron chi connectivity index (χ3n) is 2.05. The van der Waals surface area contributed by atoms with Crippen LogP contribution >= 0.6 is 0 Å². The zero-order chi connectivity index (χ0) is 12.2. The van der Waals surface area contributed by atoms with Crippen molar-refractivity contribution in [3.63, 3.8) is 0 Å². The first-order valence-electron chi connectivity index (χ1n) is 5.10. The van der Waals surface area contributed by atoms with Gasteiger partial charge in [-0.15, -0.1) is 0 Å². The van der Waals surface area contributed by atoms with Crippen molar-refractivity contribution in [2.45, 2.75) is 26.3 Å². The van der Waals surface area contributed by atoms with Gasteiger partial charge in [0, 0.05) is 12.7 Å². The highest BCUT2D eigenvalue weighted by atomic mass is 16.1. The molecule has 6 nitrogen and oxygen atoms in total. The van der Waals surface area contributed by atoms with Crippen molar-refractivity contribution < 1.29 is 4.79 Å². The molecule has 0 bridgehead atoms. The fourth-order valence-corrected chi connectivity index (χ4v) is 1.05. The van der Waals surface area contributed by atoms with Crippen LogP contribution in [0.2, 0.25) is 0 Å². The van der Waals surface area contributed by atoms with E-state index in [0.717, 1.165) is 6.54 Å². The van der Waals surface area contributed by atoms with Crippen molar-refractivity contribution in [2.75, 3.05) is 17.2 Å². The number of nitrogens with two attached hydrogens (primary N) is 1. The Hall–Kier alpha value is -1.85. The number of anilines is 2. The number of carbonyl (C=O) groups excluding carboxylic acids is 1. The predicted octanol–water partition coefficient (Wildman–Crippen LogP) is 0.584. The van der Waals surface area contributed by atoms with Crippen LogP contribution in [0.25, 0.3) is 0 Å². The zero-order valence-electron chi connectivity index (χ0n) is 9.74. The number of primary amides is 1. The molecular weight excluding hydrogens is 206 g/mol. The molecule has 1 aromatic heterocycles. The van der Waals surface area contributed by atoms with Crippen LogP contribution in [-0.4, -0.2) is 28.0 Å². The monoisotopic (exact) mass is 223 g/mol. The molecule has 16 heavy (non-hydrogen) atoms. The largest absolute Gasteiger partial charge is 0.368 e. The summed E-state index contributed by atoms with van der Waals surface area (Å²) in [5, 5.41) is 5.94. The fraction of sp³-hybridized carbons (Fsp3) is 0.500. The molecule has 0 fully saturated rings. The summed E-state index contributed by atoms with van der Waals surface area (Å²) >= 11 is 0. The van der Waals surface area contributed by atoms with Crippen LogP contribution in [-0.2, 0) is 4.79 Å². The highest BCUT2D eigenvalue weighted by Gasteiger charge is 2.24. The van der Waals surface area contributed by atoms with Crippen LogP contribution in [0.15, 0.2) is 12.3 Å². The topological polar surface area (TPSA) is 92.9 Å². The van der Waals surface area contributed by atoms with E-state index in [-0.39, 0.29) is 0 Å². The summed E-state index contributed by atoms with van der Waals surface area (Å²) in [6.45, 7) is 6.09. The molecule has 1 heterocycles. The van der Waals surface area contributed by atoms with Crippen LogP contribution in [0.1, 0.15) is 20.8 Å². The van der Waals surface area contributed by atoms with E-state index in [2.05, 4.69) is 20.6 Å². The number of hydrogen-bond donors (Lipinski definition) is 3. The van der Waals surface area contributed by atoms with Crippen molar-refractivity contribution in [3.05, 3.63) is 12.3 Å². The summed E-state index contributed by atoms with van der Waals surface area (Å²) in [4.78, 5) is 19.4. The summed E-state index contributed by atoms with van der Waals surface area (Å²) in [5.74, 6) is 0.652. The summed E-state index contributed by atoms with van der Waals surface area (Å²) < 4.78 is 0. The van der Waals surface area contributed by atoms with Gasteiger partial charge in [-0.2, -0.15) is 4.98 Å². The summed E-state index contributed by atoms with van der Waals surface area (Å²) in [6.07, 6.45) is 1.62. The second-order valence-corrected chi connectivity index (χ2v) is 3.91. The molecule has 0 aliphatic rings. The zero-order valence-corrected chi connectivity index (χ0v) is 9.74. The van der Waals surface area contributed by atoms with Gasteiger partial charge < -0.3 is 16.4 Å². The summed E-state index contributed by atoms with van der Waals surface area (Å²) in [5.41, 5.74) is 4.42. The maximum absolute atomic E-state index is 11.1. The van der Waals surface area contributed by atoms with E-state index < -0.39 is 11.4 Å². The second kappa shape index (κ2) is 4.78. The van der Waals surface area contributed by atoms with Gasteiger partial charge in [0.05, 0.1) is 0 Å². The Morgan fingerprint density at radius 3 is 2.81 bits per heavy atom. The number of nitrogens with zero attached hydrogens (tertiary/aromatic N) is 2. The van der Waals surface area contributed by atoms with Crippen LogP contribution in [0.4, 0.5) is 11.8 Å². The molecule has 0 aliphatic carbocycles. The van der Waals surface area contributed by atoms with Crippen LogP contribution < -0.4 is 16.4 Å². The number of aromatic nitrogens is 2. The number of rotatable bonds is 5. The lowest BCUT2D eigenvalue weighted by atomic mass is 10.1. The lowest BCUT2D eigenvalue weighted by Gasteiger charge is -2.22. The van der Waals surface area contributed by atoms with E-state index in [9.17, 15) is 4.79 Å². The SMILES string of the molecule is CCNc1nccc(NC(C)(C)C(N)=O)n1. The number of nitrogens with one attached hydrogen (secondary N) is 2. The van der Waals surface area contributed by atoms with E-state index in [1.165, 1.54) is 0 Å². The van der Waals surface area contributed by atoms with Crippen LogP contribution in [0, 0.1) is 0 Å². The molecule has 1 rings (SSSR count). The Morgan fingerprint density at radius 2 is 2.25 bits per heavy atom. The molecule has 0 saturated carbocycles. The average Bonchev–Trinajstić information content (AvgIpc) is 2.17. The van der Waals surface area contributed by atoms with Gasteiger partial charge in [-0.3, -0.25) is 4.79 Å². The van der Waals surface area contributed by atoms with E-state index in [0.29, 0.717) is 11.8 Å².